The fraction of sp³-hybridized carbons (Fsp3) is 0.600. The smallest absolute Gasteiger partial charge is 0.255 e. The number of carbonyl (C=O) groups excluding carboxylic acids is 2. The van der Waals surface area contributed by atoms with E-state index in [2.05, 4.69) is 11.4 Å². The topological polar surface area (TPSA) is 61.9 Å². The standard InChI is InChI=1S/C20H27N3O3/c1-22-12-13-26-20(14-17(22)24)7-10-23(11-8-20)19(25)16-6-2-4-15-5-3-9-21-18(15)16/h2,4,6,21H,3,5,7-14H2,1H3. The van der Waals surface area contributed by atoms with E-state index in [4.69, 9.17) is 4.74 Å². The molecule has 0 aromatic heterocycles. The molecule has 6 heteroatoms. The number of benzene rings is 1. The molecule has 140 valence electrons. The van der Waals surface area contributed by atoms with Crippen LogP contribution >= 0.6 is 0 Å². The summed E-state index contributed by atoms with van der Waals surface area (Å²) >= 11 is 0. The molecule has 6 nitrogen and oxygen atoms in total. The van der Waals surface area contributed by atoms with Crippen molar-refractivity contribution in [3.63, 3.8) is 0 Å². The Morgan fingerprint density at radius 3 is 2.85 bits per heavy atom. The van der Waals surface area contributed by atoms with Gasteiger partial charge >= 0.3 is 0 Å². The predicted molar refractivity (Wildman–Crippen MR) is 99.3 cm³/mol. The third-order valence-corrected chi connectivity index (χ3v) is 6.00. The monoisotopic (exact) mass is 357 g/mol. The van der Waals surface area contributed by atoms with Crippen LogP contribution in [0.3, 0.4) is 0 Å². The molecule has 3 aliphatic heterocycles. The largest absolute Gasteiger partial charge is 0.384 e. The highest BCUT2D eigenvalue weighted by atomic mass is 16.5. The lowest BCUT2D eigenvalue weighted by molar-refractivity contribution is -0.134. The molecule has 3 heterocycles. The number of likely N-dealkylation sites (tertiary alicyclic amines) is 1. The predicted octanol–water partition coefficient (Wildman–Crippen LogP) is 1.90. The number of hydrogen-bond donors (Lipinski definition) is 1. The number of hydrogen-bond acceptors (Lipinski definition) is 4. The minimum Gasteiger partial charge on any atom is -0.384 e. The number of fused-ring (bicyclic) bond motifs is 1. The SMILES string of the molecule is CN1CCOC2(CCN(C(=O)c3cccc4c3NCCC4)CC2)CC1=O. The van der Waals surface area contributed by atoms with E-state index in [0.717, 1.165) is 43.5 Å². The summed E-state index contributed by atoms with van der Waals surface area (Å²) in [4.78, 5) is 29.0. The molecule has 2 amide bonds. The molecule has 2 saturated heterocycles. The number of ether oxygens (including phenoxy) is 1. The number of carbonyl (C=O) groups is 2. The average Bonchev–Trinajstić information content (AvgIpc) is 2.80. The third kappa shape index (κ3) is 3.18. The molecule has 0 bridgehead atoms. The number of piperidine rings is 1. The fourth-order valence-electron chi connectivity index (χ4n) is 4.28. The molecule has 2 fully saturated rings. The number of nitrogens with zero attached hydrogens (tertiary/aromatic N) is 2. The molecular weight excluding hydrogens is 330 g/mol. The van der Waals surface area contributed by atoms with Crippen molar-refractivity contribution in [1.29, 1.82) is 0 Å². The lowest BCUT2D eigenvalue weighted by Gasteiger charge is -2.40. The van der Waals surface area contributed by atoms with Gasteiger partial charge in [-0.25, -0.2) is 0 Å². The Hall–Kier alpha value is -2.08. The van der Waals surface area contributed by atoms with E-state index in [1.54, 1.807) is 4.90 Å². The molecule has 1 aromatic carbocycles. The van der Waals surface area contributed by atoms with Gasteiger partial charge in [0.05, 0.1) is 29.9 Å². The van der Waals surface area contributed by atoms with Crippen molar-refractivity contribution < 1.29 is 14.3 Å². The third-order valence-electron chi connectivity index (χ3n) is 6.00. The van der Waals surface area contributed by atoms with Crippen LogP contribution in [0.1, 0.15) is 41.6 Å². The van der Waals surface area contributed by atoms with E-state index in [1.165, 1.54) is 5.56 Å². The summed E-state index contributed by atoms with van der Waals surface area (Å²) in [5.41, 5.74) is 2.62. The van der Waals surface area contributed by atoms with Gasteiger partial charge in [-0.1, -0.05) is 12.1 Å². The van der Waals surface area contributed by atoms with Gasteiger partial charge in [0.1, 0.15) is 0 Å². The first-order valence-corrected chi connectivity index (χ1v) is 9.61. The second kappa shape index (κ2) is 6.91. The number of likely N-dealkylation sites (N-methyl/N-ethyl adjacent to an activating group) is 1. The minimum absolute atomic E-state index is 0.0863. The first-order chi connectivity index (χ1) is 12.6. The van der Waals surface area contributed by atoms with Crippen molar-refractivity contribution in [2.24, 2.45) is 0 Å². The molecule has 0 atom stereocenters. The quantitative estimate of drug-likeness (QED) is 0.834. The minimum atomic E-state index is -0.396. The van der Waals surface area contributed by atoms with Gasteiger partial charge in [0.25, 0.3) is 5.91 Å². The molecule has 0 radical (unpaired) electrons. The van der Waals surface area contributed by atoms with Crippen LogP contribution in [0.15, 0.2) is 18.2 Å². The Kier molecular flexibility index (Phi) is 4.61. The van der Waals surface area contributed by atoms with E-state index < -0.39 is 5.60 Å². The van der Waals surface area contributed by atoms with Crippen LogP contribution < -0.4 is 5.32 Å². The lowest BCUT2D eigenvalue weighted by Crippen LogP contribution is -2.49. The van der Waals surface area contributed by atoms with Crippen molar-refractivity contribution in [3.05, 3.63) is 29.3 Å². The van der Waals surface area contributed by atoms with Gasteiger partial charge < -0.3 is 19.9 Å². The number of rotatable bonds is 1. The first kappa shape index (κ1) is 17.3. The maximum Gasteiger partial charge on any atom is 0.255 e. The van der Waals surface area contributed by atoms with Gasteiger partial charge in [-0.3, -0.25) is 9.59 Å². The lowest BCUT2D eigenvalue weighted by atomic mass is 9.87. The molecular formula is C20H27N3O3. The average molecular weight is 357 g/mol. The van der Waals surface area contributed by atoms with Crippen molar-refractivity contribution in [1.82, 2.24) is 9.80 Å². The number of para-hydroxylation sites is 1. The van der Waals surface area contributed by atoms with E-state index in [0.29, 0.717) is 32.7 Å². The maximum absolute atomic E-state index is 13.1. The second-order valence-electron chi connectivity index (χ2n) is 7.69. The number of aryl methyl sites for hydroxylation is 1. The summed E-state index contributed by atoms with van der Waals surface area (Å²) in [6, 6.07) is 6.00. The van der Waals surface area contributed by atoms with Crippen LogP contribution in [0.5, 0.6) is 0 Å². The van der Waals surface area contributed by atoms with Crippen LogP contribution in [0, 0.1) is 0 Å². The van der Waals surface area contributed by atoms with Crippen LogP contribution in [-0.4, -0.2) is 67.0 Å². The number of nitrogens with one attached hydrogen (secondary N) is 1. The number of amides is 2. The van der Waals surface area contributed by atoms with Gasteiger partial charge in [0.2, 0.25) is 5.91 Å². The van der Waals surface area contributed by atoms with E-state index in [-0.39, 0.29) is 11.8 Å². The van der Waals surface area contributed by atoms with Crippen molar-refractivity contribution in [3.8, 4) is 0 Å². The van der Waals surface area contributed by atoms with Crippen molar-refractivity contribution in [2.45, 2.75) is 37.7 Å². The molecule has 0 saturated carbocycles. The highest BCUT2D eigenvalue weighted by Gasteiger charge is 2.41. The van der Waals surface area contributed by atoms with Gasteiger partial charge in [-0.05, 0) is 37.3 Å². The Bertz CT molecular complexity index is 710. The normalized spacial score (nSPS) is 22.6. The van der Waals surface area contributed by atoms with Gasteiger partial charge in [-0.2, -0.15) is 0 Å². The molecule has 4 rings (SSSR count). The van der Waals surface area contributed by atoms with Crippen molar-refractivity contribution >= 4 is 17.5 Å². The molecule has 1 spiro atoms. The van der Waals surface area contributed by atoms with Gasteiger partial charge in [0, 0.05) is 33.2 Å². The summed E-state index contributed by atoms with van der Waals surface area (Å²) in [6.45, 7) is 3.42. The molecule has 0 aliphatic carbocycles. The molecule has 1 N–H and O–H groups in total. The van der Waals surface area contributed by atoms with E-state index >= 15 is 0 Å². The highest BCUT2D eigenvalue weighted by Crippen LogP contribution is 2.34. The molecule has 26 heavy (non-hydrogen) atoms. The van der Waals surface area contributed by atoms with Gasteiger partial charge in [0.15, 0.2) is 0 Å². The van der Waals surface area contributed by atoms with Crippen molar-refractivity contribution in [2.75, 3.05) is 45.2 Å². The van der Waals surface area contributed by atoms with Crippen LogP contribution in [0.4, 0.5) is 5.69 Å². The first-order valence-electron chi connectivity index (χ1n) is 9.61. The molecule has 0 unspecified atom stereocenters. The van der Waals surface area contributed by atoms with Crippen LogP contribution in [0.25, 0.3) is 0 Å². The molecule has 3 aliphatic rings. The van der Waals surface area contributed by atoms with Crippen LogP contribution in [-0.2, 0) is 16.0 Å². The Morgan fingerprint density at radius 1 is 1.23 bits per heavy atom. The second-order valence-corrected chi connectivity index (χ2v) is 7.69. The van der Waals surface area contributed by atoms with E-state index in [1.807, 2.05) is 24.1 Å². The summed E-state index contributed by atoms with van der Waals surface area (Å²) in [6.07, 6.45) is 4.00. The molecule has 1 aromatic rings. The summed E-state index contributed by atoms with van der Waals surface area (Å²) in [5.74, 6) is 0.228. The summed E-state index contributed by atoms with van der Waals surface area (Å²) in [7, 11) is 1.83. The summed E-state index contributed by atoms with van der Waals surface area (Å²) in [5, 5.41) is 3.40. The Morgan fingerprint density at radius 2 is 2.04 bits per heavy atom. The van der Waals surface area contributed by atoms with Gasteiger partial charge in [-0.15, -0.1) is 0 Å². The fourth-order valence-corrected chi connectivity index (χ4v) is 4.28. The number of anilines is 1. The maximum atomic E-state index is 13.1. The zero-order valence-corrected chi connectivity index (χ0v) is 15.4. The highest BCUT2D eigenvalue weighted by molar-refractivity contribution is 6.00. The Balaban J connectivity index is 1.47. The zero-order valence-electron chi connectivity index (χ0n) is 15.4. The zero-order chi connectivity index (χ0) is 18.1. The summed E-state index contributed by atoms with van der Waals surface area (Å²) < 4.78 is 6.08. The van der Waals surface area contributed by atoms with Crippen LogP contribution in [0.2, 0.25) is 0 Å². The van der Waals surface area contributed by atoms with E-state index in [9.17, 15) is 9.59 Å². The Labute approximate surface area is 154 Å².